The molecule has 0 aliphatic heterocycles. The SMILES string of the molecule is Cc1c(-c2c(CCl)cccc2C(N)=O)ccc2nc(NC(C)(C)C(=O)N(C)CCc3ccccn3)oc(=O)c12. The van der Waals surface area contributed by atoms with Gasteiger partial charge in [-0.2, -0.15) is 4.98 Å². The second-order valence-corrected chi connectivity index (χ2v) is 10.1. The predicted octanol–water partition coefficient (Wildman–Crippen LogP) is 4.29. The molecule has 9 nitrogen and oxygen atoms in total. The summed E-state index contributed by atoms with van der Waals surface area (Å²) in [6.45, 7) is 5.61. The van der Waals surface area contributed by atoms with Crippen LogP contribution < -0.4 is 16.7 Å². The number of alkyl halides is 1. The molecular weight excluding hydrogens is 518 g/mol. The van der Waals surface area contributed by atoms with Gasteiger partial charge in [-0.1, -0.05) is 24.3 Å². The molecule has 0 aliphatic carbocycles. The molecule has 0 unspecified atom stereocenters. The lowest BCUT2D eigenvalue weighted by atomic mass is 9.90. The highest BCUT2D eigenvalue weighted by Gasteiger charge is 2.32. The molecule has 0 bridgehead atoms. The van der Waals surface area contributed by atoms with Crippen molar-refractivity contribution in [3.8, 4) is 11.1 Å². The minimum atomic E-state index is -1.11. The van der Waals surface area contributed by atoms with Gasteiger partial charge < -0.3 is 20.4 Å². The molecule has 202 valence electrons. The summed E-state index contributed by atoms with van der Waals surface area (Å²) in [5.41, 5.74) is 7.94. The Morgan fingerprint density at radius 3 is 2.56 bits per heavy atom. The number of carbonyl (C=O) groups is 2. The molecule has 0 saturated carbocycles. The second kappa shape index (κ2) is 11.2. The van der Waals surface area contributed by atoms with Gasteiger partial charge in [0, 0.05) is 43.3 Å². The molecule has 0 saturated heterocycles. The van der Waals surface area contributed by atoms with Crippen LogP contribution in [0.2, 0.25) is 0 Å². The number of fused-ring (bicyclic) bond motifs is 1. The smallest absolute Gasteiger partial charge is 0.348 e. The first kappa shape index (κ1) is 27.8. The zero-order valence-electron chi connectivity index (χ0n) is 22.2. The lowest BCUT2D eigenvalue weighted by Crippen LogP contribution is -2.49. The standard InChI is InChI=1S/C29H30ClN5O4/c1-17-20(24-18(16-30)8-7-10-21(24)25(31)36)11-12-22-23(17)26(37)39-28(33-22)34-29(2,3)27(38)35(4)15-13-19-9-5-6-14-32-19/h5-12,14H,13,15-16H2,1-4H3,(H2,31,36)(H,33,34). The number of hydrogen-bond donors (Lipinski definition) is 2. The molecule has 3 N–H and O–H groups in total. The molecule has 10 heteroatoms. The summed E-state index contributed by atoms with van der Waals surface area (Å²) < 4.78 is 5.52. The Bertz CT molecular complexity index is 1600. The molecule has 0 radical (unpaired) electrons. The maximum atomic E-state index is 13.2. The fourth-order valence-corrected chi connectivity index (χ4v) is 4.83. The predicted molar refractivity (Wildman–Crippen MR) is 152 cm³/mol. The van der Waals surface area contributed by atoms with E-state index in [2.05, 4.69) is 15.3 Å². The van der Waals surface area contributed by atoms with Crippen LogP contribution in [0.1, 0.15) is 41.0 Å². The molecule has 4 rings (SSSR count). The molecule has 2 aromatic heterocycles. The molecule has 39 heavy (non-hydrogen) atoms. The molecule has 2 amide bonds. The Morgan fingerprint density at radius 2 is 1.90 bits per heavy atom. The Morgan fingerprint density at radius 1 is 1.13 bits per heavy atom. The molecule has 0 spiro atoms. The normalized spacial score (nSPS) is 11.4. The number of hydrogen-bond acceptors (Lipinski definition) is 7. The van der Waals surface area contributed by atoms with Gasteiger partial charge in [0.2, 0.25) is 11.8 Å². The molecule has 2 heterocycles. The van der Waals surface area contributed by atoms with E-state index in [9.17, 15) is 14.4 Å². The molecule has 4 aromatic rings. The Balaban J connectivity index is 1.63. The zero-order valence-corrected chi connectivity index (χ0v) is 23.0. The summed E-state index contributed by atoms with van der Waals surface area (Å²) >= 11 is 6.15. The molecule has 0 atom stereocenters. The quantitative estimate of drug-likeness (QED) is 0.299. The third-order valence-electron chi connectivity index (χ3n) is 6.62. The monoisotopic (exact) mass is 547 g/mol. The number of nitrogens with one attached hydrogen (secondary N) is 1. The number of amides is 2. The van der Waals surface area contributed by atoms with Crippen molar-refractivity contribution in [2.75, 3.05) is 18.9 Å². The maximum Gasteiger partial charge on any atom is 0.348 e. The van der Waals surface area contributed by atoms with E-state index in [0.29, 0.717) is 46.3 Å². The van der Waals surface area contributed by atoms with Crippen molar-refractivity contribution >= 4 is 40.3 Å². The minimum absolute atomic E-state index is 0.0740. The largest absolute Gasteiger partial charge is 0.389 e. The van der Waals surface area contributed by atoms with Gasteiger partial charge in [-0.25, -0.2) is 4.79 Å². The lowest BCUT2D eigenvalue weighted by Gasteiger charge is -2.30. The van der Waals surface area contributed by atoms with Crippen LogP contribution in [0.5, 0.6) is 0 Å². The van der Waals surface area contributed by atoms with E-state index in [1.807, 2.05) is 18.2 Å². The third-order valence-corrected chi connectivity index (χ3v) is 6.91. The molecule has 2 aromatic carbocycles. The van der Waals surface area contributed by atoms with E-state index in [1.54, 1.807) is 69.2 Å². The van der Waals surface area contributed by atoms with E-state index in [1.165, 1.54) is 0 Å². The number of nitrogens with zero attached hydrogens (tertiary/aromatic N) is 3. The van der Waals surface area contributed by atoms with Gasteiger partial charge in [0.15, 0.2) is 0 Å². The van der Waals surface area contributed by atoms with E-state index in [0.717, 1.165) is 5.69 Å². The van der Waals surface area contributed by atoms with Gasteiger partial charge in [0.25, 0.3) is 6.01 Å². The zero-order chi connectivity index (χ0) is 28.3. The highest BCUT2D eigenvalue weighted by molar-refractivity contribution is 6.18. The fraction of sp³-hybridized carbons (Fsp3) is 0.276. The van der Waals surface area contributed by atoms with Crippen LogP contribution in [-0.4, -0.2) is 45.8 Å². The number of anilines is 1. The van der Waals surface area contributed by atoms with Crippen LogP contribution >= 0.6 is 11.6 Å². The van der Waals surface area contributed by atoms with Crippen LogP contribution in [0.25, 0.3) is 22.0 Å². The van der Waals surface area contributed by atoms with Crippen LogP contribution in [-0.2, 0) is 17.1 Å². The van der Waals surface area contributed by atoms with Gasteiger partial charge in [0.1, 0.15) is 5.54 Å². The summed E-state index contributed by atoms with van der Waals surface area (Å²) in [4.78, 5) is 48.9. The third kappa shape index (κ3) is 5.78. The number of likely N-dealkylation sites (N-methyl/N-ethyl adjacent to an activating group) is 1. The topological polar surface area (TPSA) is 131 Å². The minimum Gasteiger partial charge on any atom is -0.389 e. The van der Waals surface area contributed by atoms with Crippen molar-refractivity contribution in [3.05, 3.63) is 87.5 Å². The van der Waals surface area contributed by atoms with E-state index in [-0.39, 0.29) is 23.2 Å². The lowest BCUT2D eigenvalue weighted by molar-refractivity contribution is -0.133. The average molecular weight is 548 g/mol. The van der Waals surface area contributed by atoms with Crippen LogP contribution in [0.4, 0.5) is 6.01 Å². The van der Waals surface area contributed by atoms with Crippen LogP contribution in [0.15, 0.2) is 63.9 Å². The van der Waals surface area contributed by atoms with Crippen molar-refractivity contribution in [2.45, 2.75) is 38.6 Å². The van der Waals surface area contributed by atoms with E-state index < -0.39 is 17.1 Å². The molecule has 0 aliphatic rings. The van der Waals surface area contributed by atoms with Crippen molar-refractivity contribution in [3.63, 3.8) is 0 Å². The Hall–Kier alpha value is -4.24. The summed E-state index contributed by atoms with van der Waals surface area (Å²) in [5.74, 6) is -0.646. The highest BCUT2D eigenvalue weighted by Crippen LogP contribution is 2.34. The summed E-state index contributed by atoms with van der Waals surface area (Å²) in [6, 6.07) is 14.2. The number of aromatic nitrogens is 2. The Labute approximate surface area is 231 Å². The van der Waals surface area contributed by atoms with Gasteiger partial charge in [0.05, 0.1) is 10.9 Å². The average Bonchev–Trinajstić information content (AvgIpc) is 2.91. The molecular formula is C29H30ClN5O4. The van der Waals surface area contributed by atoms with Crippen molar-refractivity contribution in [2.24, 2.45) is 5.73 Å². The van der Waals surface area contributed by atoms with Crippen LogP contribution in [0, 0.1) is 6.92 Å². The number of halogens is 1. The van der Waals surface area contributed by atoms with Crippen molar-refractivity contribution in [1.29, 1.82) is 0 Å². The van der Waals surface area contributed by atoms with Crippen LogP contribution in [0.3, 0.4) is 0 Å². The van der Waals surface area contributed by atoms with Gasteiger partial charge in [-0.15, -0.1) is 11.6 Å². The first-order chi connectivity index (χ1) is 18.5. The first-order valence-corrected chi connectivity index (χ1v) is 12.9. The second-order valence-electron chi connectivity index (χ2n) is 9.82. The number of nitrogens with two attached hydrogens (primary N) is 1. The van der Waals surface area contributed by atoms with Crippen molar-refractivity contribution in [1.82, 2.24) is 14.9 Å². The van der Waals surface area contributed by atoms with Gasteiger partial charge in [-0.05, 0) is 67.3 Å². The Kier molecular flexibility index (Phi) is 8.01. The van der Waals surface area contributed by atoms with Gasteiger partial charge >= 0.3 is 5.63 Å². The summed E-state index contributed by atoms with van der Waals surface area (Å²) in [7, 11) is 1.71. The van der Waals surface area contributed by atoms with E-state index >= 15 is 0 Å². The fourth-order valence-electron chi connectivity index (χ4n) is 4.61. The highest BCUT2D eigenvalue weighted by atomic mass is 35.5. The number of carbonyl (C=O) groups excluding carboxylic acids is 2. The van der Waals surface area contributed by atoms with E-state index in [4.69, 9.17) is 21.8 Å². The number of aryl methyl sites for hydroxylation is 1. The van der Waals surface area contributed by atoms with Gasteiger partial charge in [-0.3, -0.25) is 14.6 Å². The number of pyridine rings is 1. The number of rotatable bonds is 9. The summed E-state index contributed by atoms with van der Waals surface area (Å²) in [6.07, 6.45) is 2.32. The summed E-state index contributed by atoms with van der Waals surface area (Å²) in [5, 5.41) is 3.23. The number of benzene rings is 2. The first-order valence-electron chi connectivity index (χ1n) is 12.4. The number of primary amides is 1. The van der Waals surface area contributed by atoms with Crippen molar-refractivity contribution < 1.29 is 14.0 Å². The maximum absolute atomic E-state index is 13.2. The molecule has 0 fully saturated rings.